The second-order valence-corrected chi connectivity index (χ2v) is 5.43. The number of rotatable bonds is 7. The van der Waals surface area contributed by atoms with Gasteiger partial charge in [0.1, 0.15) is 0 Å². The van der Waals surface area contributed by atoms with Gasteiger partial charge in [-0.2, -0.15) is 0 Å². The van der Waals surface area contributed by atoms with E-state index in [9.17, 15) is 0 Å². The smallest absolute Gasteiger partial charge is 0.0462 e. The summed E-state index contributed by atoms with van der Waals surface area (Å²) in [5.74, 6) is 3.71. The first-order valence-electron chi connectivity index (χ1n) is 6.46. The molecule has 0 bridgehead atoms. The number of aliphatic hydroxyl groups excluding tert-OH is 1. The molecule has 2 saturated carbocycles. The summed E-state index contributed by atoms with van der Waals surface area (Å²) in [6.45, 7) is 2.72. The molecular weight excluding hydrogens is 172 g/mol. The second kappa shape index (κ2) is 4.65. The van der Waals surface area contributed by atoms with Crippen LogP contribution in [0.4, 0.5) is 0 Å². The van der Waals surface area contributed by atoms with Gasteiger partial charge in [0, 0.05) is 6.61 Å². The molecule has 0 aromatic carbocycles. The van der Waals surface area contributed by atoms with Crippen LogP contribution < -0.4 is 0 Å². The molecule has 2 aliphatic rings. The van der Waals surface area contributed by atoms with Crippen molar-refractivity contribution < 1.29 is 5.11 Å². The quantitative estimate of drug-likeness (QED) is 0.620. The number of unbranched alkanes of at least 4 members (excludes halogenated alkanes) is 2. The van der Waals surface area contributed by atoms with Crippen molar-refractivity contribution in [1.82, 2.24) is 0 Å². The van der Waals surface area contributed by atoms with E-state index in [-0.39, 0.29) is 0 Å². The predicted molar refractivity (Wildman–Crippen MR) is 59.0 cm³/mol. The first kappa shape index (κ1) is 10.5. The lowest BCUT2D eigenvalue weighted by Crippen LogP contribution is -1.91. The molecule has 14 heavy (non-hydrogen) atoms. The highest BCUT2D eigenvalue weighted by molar-refractivity contribution is 4.94. The van der Waals surface area contributed by atoms with E-state index < -0.39 is 0 Å². The van der Waals surface area contributed by atoms with E-state index >= 15 is 0 Å². The fourth-order valence-electron chi connectivity index (χ4n) is 2.82. The summed E-state index contributed by atoms with van der Waals surface area (Å²) in [6.07, 6.45) is 9.95. The summed E-state index contributed by atoms with van der Waals surface area (Å²) < 4.78 is 0. The highest BCUT2D eigenvalue weighted by Gasteiger charge is 2.44. The molecule has 82 valence electrons. The van der Waals surface area contributed by atoms with Gasteiger partial charge >= 0.3 is 0 Å². The summed E-state index contributed by atoms with van der Waals surface area (Å²) in [5, 5.41) is 8.95. The van der Waals surface area contributed by atoms with E-state index in [4.69, 9.17) is 5.11 Å². The maximum atomic E-state index is 8.95. The zero-order chi connectivity index (χ0) is 9.97. The lowest BCUT2D eigenvalue weighted by molar-refractivity contribution is 0.266. The fourth-order valence-corrected chi connectivity index (χ4v) is 2.82. The van der Waals surface area contributed by atoms with Crippen LogP contribution in [-0.2, 0) is 0 Å². The second-order valence-electron chi connectivity index (χ2n) is 5.43. The van der Waals surface area contributed by atoms with Crippen LogP contribution in [0.15, 0.2) is 0 Å². The summed E-state index contributed by atoms with van der Waals surface area (Å²) in [7, 11) is 0. The monoisotopic (exact) mass is 196 g/mol. The summed E-state index contributed by atoms with van der Waals surface area (Å²) in [4.78, 5) is 0. The topological polar surface area (TPSA) is 20.2 Å². The average Bonchev–Trinajstić information content (AvgIpc) is 3.06. The Morgan fingerprint density at radius 2 is 1.71 bits per heavy atom. The standard InChI is InChI=1S/C13H24O/c1-2-3-4-5-10-6-11(10)7-12-8-13(12)9-14/h10-14H,2-9H2,1H3/t10?,11-,12?,13+/m0/s1. The SMILES string of the molecule is CCCCCC1C[C@H]1CC1C[C@@H]1CO. The first-order chi connectivity index (χ1) is 6.85. The third-order valence-corrected chi connectivity index (χ3v) is 4.16. The molecule has 0 aromatic rings. The van der Waals surface area contributed by atoms with Crippen LogP contribution in [0, 0.1) is 23.7 Å². The van der Waals surface area contributed by atoms with Gasteiger partial charge in [-0.3, -0.25) is 0 Å². The molecule has 0 saturated heterocycles. The van der Waals surface area contributed by atoms with Gasteiger partial charge in [-0.05, 0) is 42.9 Å². The molecule has 2 fully saturated rings. The Morgan fingerprint density at radius 1 is 1.00 bits per heavy atom. The fraction of sp³-hybridized carbons (Fsp3) is 1.00. The molecule has 1 N–H and O–H groups in total. The Bertz CT molecular complexity index is 178. The van der Waals surface area contributed by atoms with Crippen molar-refractivity contribution >= 4 is 0 Å². The van der Waals surface area contributed by atoms with E-state index in [2.05, 4.69) is 6.92 Å². The van der Waals surface area contributed by atoms with E-state index in [1.54, 1.807) is 0 Å². The zero-order valence-electron chi connectivity index (χ0n) is 9.41. The summed E-state index contributed by atoms with van der Waals surface area (Å²) in [6, 6.07) is 0. The third kappa shape index (κ3) is 2.73. The molecule has 0 heterocycles. The van der Waals surface area contributed by atoms with E-state index in [1.165, 1.54) is 44.9 Å². The van der Waals surface area contributed by atoms with Crippen molar-refractivity contribution in [2.45, 2.75) is 51.9 Å². The molecule has 1 nitrogen and oxygen atoms in total. The van der Waals surface area contributed by atoms with Crippen molar-refractivity contribution in [3.8, 4) is 0 Å². The van der Waals surface area contributed by atoms with Gasteiger partial charge in [0.05, 0.1) is 0 Å². The highest BCUT2D eigenvalue weighted by Crippen LogP contribution is 2.53. The van der Waals surface area contributed by atoms with E-state index in [0.717, 1.165) is 17.8 Å². The number of hydrogen-bond acceptors (Lipinski definition) is 1. The Hall–Kier alpha value is -0.0400. The van der Waals surface area contributed by atoms with Crippen LogP contribution in [-0.4, -0.2) is 11.7 Å². The third-order valence-electron chi connectivity index (χ3n) is 4.16. The maximum Gasteiger partial charge on any atom is 0.0462 e. The zero-order valence-corrected chi connectivity index (χ0v) is 9.41. The van der Waals surface area contributed by atoms with E-state index in [1.807, 2.05) is 0 Å². The minimum Gasteiger partial charge on any atom is -0.396 e. The molecule has 0 aromatic heterocycles. The first-order valence-corrected chi connectivity index (χ1v) is 6.46. The van der Waals surface area contributed by atoms with Gasteiger partial charge in [0.2, 0.25) is 0 Å². The Labute approximate surface area is 87.9 Å². The molecule has 2 rings (SSSR count). The normalized spacial score (nSPS) is 39.9. The minimum absolute atomic E-state index is 0.442. The molecule has 2 aliphatic carbocycles. The van der Waals surface area contributed by atoms with Crippen molar-refractivity contribution in [2.24, 2.45) is 23.7 Å². The van der Waals surface area contributed by atoms with Gasteiger partial charge in [-0.15, -0.1) is 0 Å². The molecule has 0 amide bonds. The Balaban J connectivity index is 1.50. The van der Waals surface area contributed by atoms with Crippen molar-refractivity contribution in [3.63, 3.8) is 0 Å². The van der Waals surface area contributed by atoms with Crippen LogP contribution in [0.2, 0.25) is 0 Å². The maximum absolute atomic E-state index is 8.95. The van der Waals surface area contributed by atoms with Crippen LogP contribution >= 0.6 is 0 Å². The molecule has 0 radical (unpaired) electrons. The minimum atomic E-state index is 0.442. The van der Waals surface area contributed by atoms with Crippen molar-refractivity contribution in [1.29, 1.82) is 0 Å². The average molecular weight is 196 g/mol. The molecule has 1 heteroatoms. The molecule has 0 aliphatic heterocycles. The van der Waals surface area contributed by atoms with Gasteiger partial charge < -0.3 is 5.11 Å². The molecule has 4 atom stereocenters. The van der Waals surface area contributed by atoms with Crippen molar-refractivity contribution in [3.05, 3.63) is 0 Å². The number of hydrogen-bond donors (Lipinski definition) is 1. The van der Waals surface area contributed by atoms with Crippen LogP contribution in [0.25, 0.3) is 0 Å². The van der Waals surface area contributed by atoms with Gasteiger partial charge in [0.25, 0.3) is 0 Å². The highest BCUT2D eigenvalue weighted by atomic mass is 16.3. The Kier molecular flexibility index (Phi) is 3.48. The van der Waals surface area contributed by atoms with Crippen LogP contribution in [0.1, 0.15) is 51.9 Å². The van der Waals surface area contributed by atoms with E-state index in [0.29, 0.717) is 12.5 Å². The van der Waals surface area contributed by atoms with Crippen LogP contribution in [0.3, 0.4) is 0 Å². The molecular formula is C13H24O. The van der Waals surface area contributed by atoms with Crippen LogP contribution in [0.5, 0.6) is 0 Å². The van der Waals surface area contributed by atoms with Gasteiger partial charge in [-0.25, -0.2) is 0 Å². The lowest BCUT2D eigenvalue weighted by Gasteiger charge is -1.99. The summed E-state index contributed by atoms with van der Waals surface area (Å²) in [5.41, 5.74) is 0. The van der Waals surface area contributed by atoms with Gasteiger partial charge in [0.15, 0.2) is 0 Å². The summed E-state index contributed by atoms with van der Waals surface area (Å²) >= 11 is 0. The molecule has 2 unspecified atom stereocenters. The van der Waals surface area contributed by atoms with Crippen molar-refractivity contribution in [2.75, 3.05) is 6.61 Å². The Morgan fingerprint density at radius 3 is 2.36 bits per heavy atom. The van der Waals surface area contributed by atoms with Gasteiger partial charge in [-0.1, -0.05) is 32.6 Å². The predicted octanol–water partition coefficient (Wildman–Crippen LogP) is 3.22. The lowest BCUT2D eigenvalue weighted by atomic mass is 10.1. The molecule has 0 spiro atoms. The largest absolute Gasteiger partial charge is 0.396 e. The number of aliphatic hydroxyl groups is 1.